The van der Waals surface area contributed by atoms with Gasteiger partial charge in [0.1, 0.15) is 0 Å². The van der Waals surface area contributed by atoms with E-state index in [1.165, 1.54) is 31.9 Å². The molecule has 0 aromatic heterocycles. The standard InChI is InChI=1S/C22H32N2O3/c1-27-22(26)20-11-15-24(16-12-20)21(25)17-23-13-9-19(10-14-23)8-7-18-5-3-2-4-6-18/h2-6,19-20H,7-17H2,1H3. The van der Waals surface area contributed by atoms with Crippen LogP contribution in [-0.4, -0.2) is 61.5 Å². The van der Waals surface area contributed by atoms with Crippen molar-refractivity contribution in [3.8, 4) is 0 Å². The molecule has 1 aromatic rings. The maximum atomic E-state index is 12.6. The van der Waals surface area contributed by atoms with E-state index in [2.05, 4.69) is 35.2 Å². The Kier molecular flexibility index (Phi) is 7.27. The van der Waals surface area contributed by atoms with Gasteiger partial charge in [-0.2, -0.15) is 0 Å². The largest absolute Gasteiger partial charge is 0.469 e. The number of carbonyl (C=O) groups excluding carboxylic acids is 2. The average Bonchev–Trinajstić information content (AvgIpc) is 2.73. The van der Waals surface area contributed by atoms with Gasteiger partial charge in [-0.3, -0.25) is 14.5 Å². The molecule has 0 bridgehead atoms. The zero-order valence-electron chi connectivity index (χ0n) is 16.4. The van der Waals surface area contributed by atoms with Gasteiger partial charge in [0, 0.05) is 13.1 Å². The molecule has 1 amide bonds. The van der Waals surface area contributed by atoms with Crippen molar-refractivity contribution in [1.29, 1.82) is 0 Å². The quantitative estimate of drug-likeness (QED) is 0.721. The fourth-order valence-electron chi connectivity index (χ4n) is 4.27. The van der Waals surface area contributed by atoms with Crippen molar-refractivity contribution < 1.29 is 14.3 Å². The Morgan fingerprint density at radius 1 is 1.00 bits per heavy atom. The van der Waals surface area contributed by atoms with E-state index in [4.69, 9.17) is 4.74 Å². The highest BCUT2D eigenvalue weighted by atomic mass is 16.5. The summed E-state index contributed by atoms with van der Waals surface area (Å²) in [6.07, 6.45) is 6.21. The molecule has 27 heavy (non-hydrogen) atoms. The fourth-order valence-corrected chi connectivity index (χ4v) is 4.27. The van der Waals surface area contributed by atoms with E-state index < -0.39 is 0 Å². The number of likely N-dealkylation sites (tertiary alicyclic amines) is 2. The number of methoxy groups -OCH3 is 1. The number of ether oxygens (including phenoxy) is 1. The normalized spacial score (nSPS) is 19.8. The summed E-state index contributed by atoms with van der Waals surface area (Å²) in [5.41, 5.74) is 1.42. The van der Waals surface area contributed by atoms with Crippen LogP contribution in [0.5, 0.6) is 0 Å². The molecule has 0 atom stereocenters. The average molecular weight is 373 g/mol. The van der Waals surface area contributed by atoms with Gasteiger partial charge in [0.2, 0.25) is 5.91 Å². The van der Waals surface area contributed by atoms with Gasteiger partial charge in [0.25, 0.3) is 0 Å². The van der Waals surface area contributed by atoms with Gasteiger partial charge in [-0.15, -0.1) is 0 Å². The van der Waals surface area contributed by atoms with E-state index in [0.29, 0.717) is 19.6 Å². The number of hydrogen-bond donors (Lipinski definition) is 0. The summed E-state index contributed by atoms with van der Waals surface area (Å²) in [6.45, 7) is 3.90. The maximum Gasteiger partial charge on any atom is 0.308 e. The van der Waals surface area contributed by atoms with Crippen molar-refractivity contribution in [3.05, 3.63) is 35.9 Å². The number of amides is 1. The highest BCUT2D eigenvalue weighted by Gasteiger charge is 2.29. The molecule has 1 aromatic carbocycles. The smallest absolute Gasteiger partial charge is 0.308 e. The summed E-state index contributed by atoms with van der Waals surface area (Å²) in [5, 5.41) is 0. The van der Waals surface area contributed by atoms with Gasteiger partial charge in [0.05, 0.1) is 19.6 Å². The predicted molar refractivity (Wildman–Crippen MR) is 105 cm³/mol. The van der Waals surface area contributed by atoms with Crippen molar-refractivity contribution >= 4 is 11.9 Å². The first-order valence-electron chi connectivity index (χ1n) is 10.3. The molecule has 0 unspecified atom stereocenters. The summed E-state index contributed by atoms with van der Waals surface area (Å²) in [4.78, 5) is 28.4. The number of carbonyl (C=O) groups is 2. The van der Waals surface area contributed by atoms with Crippen LogP contribution in [0.4, 0.5) is 0 Å². The third kappa shape index (κ3) is 5.80. The zero-order chi connectivity index (χ0) is 19.1. The number of rotatable bonds is 6. The first-order chi connectivity index (χ1) is 13.2. The van der Waals surface area contributed by atoms with Crippen LogP contribution in [0.25, 0.3) is 0 Å². The lowest BCUT2D eigenvalue weighted by atomic mass is 9.90. The molecule has 2 aliphatic heterocycles. The van der Waals surface area contributed by atoms with Gasteiger partial charge in [-0.1, -0.05) is 30.3 Å². The fraction of sp³-hybridized carbons (Fsp3) is 0.636. The monoisotopic (exact) mass is 372 g/mol. The van der Waals surface area contributed by atoms with Crippen LogP contribution in [0.3, 0.4) is 0 Å². The molecule has 3 rings (SSSR count). The van der Waals surface area contributed by atoms with Crippen LogP contribution in [0.15, 0.2) is 30.3 Å². The first kappa shape index (κ1) is 19.9. The van der Waals surface area contributed by atoms with Crippen molar-refractivity contribution in [1.82, 2.24) is 9.80 Å². The summed E-state index contributed by atoms with van der Waals surface area (Å²) < 4.78 is 4.81. The first-order valence-corrected chi connectivity index (χ1v) is 10.3. The summed E-state index contributed by atoms with van der Waals surface area (Å²) >= 11 is 0. The maximum absolute atomic E-state index is 12.6. The van der Waals surface area contributed by atoms with Gasteiger partial charge in [0.15, 0.2) is 0 Å². The van der Waals surface area contributed by atoms with Crippen LogP contribution in [0.2, 0.25) is 0 Å². The number of piperidine rings is 2. The number of benzene rings is 1. The van der Waals surface area contributed by atoms with Gasteiger partial charge < -0.3 is 9.64 Å². The second-order valence-corrected chi connectivity index (χ2v) is 7.92. The molecular formula is C22H32N2O3. The zero-order valence-corrected chi connectivity index (χ0v) is 16.4. The molecule has 5 nitrogen and oxygen atoms in total. The molecule has 0 saturated carbocycles. The summed E-state index contributed by atoms with van der Waals surface area (Å²) in [6, 6.07) is 10.7. The van der Waals surface area contributed by atoms with Crippen LogP contribution in [-0.2, 0) is 20.7 Å². The molecule has 0 spiro atoms. The Hall–Kier alpha value is -1.88. The van der Waals surface area contributed by atoms with Crippen LogP contribution in [0.1, 0.15) is 37.7 Å². The molecular weight excluding hydrogens is 340 g/mol. The third-order valence-corrected chi connectivity index (χ3v) is 6.13. The van der Waals surface area contributed by atoms with Crippen LogP contribution in [0, 0.1) is 11.8 Å². The second-order valence-electron chi connectivity index (χ2n) is 7.92. The lowest BCUT2D eigenvalue weighted by molar-refractivity contribution is -0.149. The van der Waals surface area contributed by atoms with E-state index in [9.17, 15) is 9.59 Å². The Labute approximate surface area is 162 Å². The highest BCUT2D eigenvalue weighted by molar-refractivity contribution is 5.79. The Morgan fingerprint density at radius 2 is 1.67 bits per heavy atom. The van der Waals surface area contributed by atoms with Gasteiger partial charge in [-0.25, -0.2) is 0 Å². The molecule has 0 aliphatic carbocycles. The van der Waals surface area contributed by atoms with E-state index in [1.54, 1.807) is 0 Å². The molecule has 2 saturated heterocycles. The molecule has 2 fully saturated rings. The number of nitrogens with zero attached hydrogens (tertiary/aromatic N) is 2. The lowest BCUT2D eigenvalue weighted by Gasteiger charge is -2.35. The Bertz CT molecular complexity index is 603. The highest BCUT2D eigenvalue weighted by Crippen LogP contribution is 2.23. The minimum absolute atomic E-state index is 0.0422. The minimum Gasteiger partial charge on any atom is -0.469 e. The lowest BCUT2D eigenvalue weighted by Crippen LogP contribution is -2.46. The third-order valence-electron chi connectivity index (χ3n) is 6.13. The van der Waals surface area contributed by atoms with Gasteiger partial charge in [-0.05, 0) is 63.1 Å². The van der Waals surface area contributed by atoms with Crippen molar-refractivity contribution in [2.45, 2.75) is 38.5 Å². The number of hydrogen-bond acceptors (Lipinski definition) is 4. The van der Waals surface area contributed by atoms with E-state index in [-0.39, 0.29) is 17.8 Å². The Morgan fingerprint density at radius 3 is 2.30 bits per heavy atom. The van der Waals surface area contributed by atoms with Crippen LogP contribution < -0.4 is 0 Å². The second kappa shape index (κ2) is 9.88. The molecule has 0 N–H and O–H groups in total. The SMILES string of the molecule is COC(=O)C1CCN(C(=O)CN2CCC(CCc3ccccc3)CC2)CC1. The van der Waals surface area contributed by atoms with Crippen molar-refractivity contribution in [2.75, 3.05) is 39.8 Å². The molecule has 148 valence electrons. The Balaban J connectivity index is 1.34. The molecule has 2 aliphatic rings. The van der Waals surface area contributed by atoms with Crippen LogP contribution >= 0.6 is 0 Å². The van der Waals surface area contributed by atoms with E-state index >= 15 is 0 Å². The van der Waals surface area contributed by atoms with Crippen molar-refractivity contribution in [2.24, 2.45) is 11.8 Å². The summed E-state index contributed by atoms with van der Waals surface area (Å²) in [5.74, 6) is 0.799. The molecule has 5 heteroatoms. The molecule has 2 heterocycles. The topological polar surface area (TPSA) is 49.9 Å². The minimum atomic E-state index is -0.139. The number of esters is 1. The molecule has 0 radical (unpaired) electrons. The summed E-state index contributed by atoms with van der Waals surface area (Å²) in [7, 11) is 1.43. The van der Waals surface area contributed by atoms with Gasteiger partial charge >= 0.3 is 5.97 Å². The van der Waals surface area contributed by atoms with E-state index in [1.807, 2.05) is 4.90 Å². The van der Waals surface area contributed by atoms with E-state index in [0.717, 1.165) is 38.3 Å². The number of aryl methyl sites for hydroxylation is 1. The van der Waals surface area contributed by atoms with Crippen molar-refractivity contribution in [3.63, 3.8) is 0 Å². The predicted octanol–water partition coefficient (Wildman–Crippen LogP) is 2.74.